The molecule has 2 heterocycles. The van der Waals surface area contributed by atoms with Crippen LogP contribution in [0.3, 0.4) is 0 Å². The van der Waals surface area contributed by atoms with E-state index in [2.05, 4.69) is 15.7 Å². The van der Waals surface area contributed by atoms with Crippen LogP contribution in [0.2, 0.25) is 0 Å². The normalized spacial score (nSPS) is 19.7. The number of hydrogen-bond acceptors (Lipinski definition) is 5. The molecule has 0 bridgehead atoms. The van der Waals surface area contributed by atoms with E-state index in [1.54, 1.807) is 11.3 Å². The lowest BCUT2D eigenvalue weighted by Gasteiger charge is -2.34. The zero-order valence-corrected chi connectivity index (χ0v) is 14.8. The molecule has 1 aliphatic heterocycles. The van der Waals surface area contributed by atoms with Crippen LogP contribution >= 0.6 is 36.2 Å². The Balaban J connectivity index is 0.00000121. The van der Waals surface area contributed by atoms with Crippen molar-refractivity contribution in [1.82, 2.24) is 10.3 Å². The van der Waals surface area contributed by atoms with E-state index in [1.165, 1.54) is 18.5 Å². The van der Waals surface area contributed by atoms with Crippen LogP contribution in [0.25, 0.3) is 0 Å². The SMILES string of the molecule is Cl.Cl.NCC1(C(=O)NCc2nc(C3CC3)cs2)CCOCC1. The Hall–Kier alpha value is -0.400. The van der Waals surface area contributed by atoms with E-state index in [0.29, 0.717) is 45.1 Å². The molecule has 1 aromatic heterocycles. The van der Waals surface area contributed by atoms with E-state index in [1.807, 2.05) is 0 Å². The molecule has 2 fully saturated rings. The largest absolute Gasteiger partial charge is 0.381 e. The summed E-state index contributed by atoms with van der Waals surface area (Å²) in [5.74, 6) is 0.716. The summed E-state index contributed by atoms with van der Waals surface area (Å²) in [6.07, 6.45) is 3.93. The molecule has 8 heteroatoms. The van der Waals surface area contributed by atoms with Gasteiger partial charge in [-0.05, 0) is 25.7 Å². The minimum atomic E-state index is -0.450. The van der Waals surface area contributed by atoms with Crippen LogP contribution in [-0.4, -0.2) is 30.6 Å². The number of rotatable bonds is 5. The molecule has 0 aromatic carbocycles. The summed E-state index contributed by atoms with van der Waals surface area (Å²) in [5.41, 5.74) is 6.57. The van der Waals surface area contributed by atoms with Crippen molar-refractivity contribution < 1.29 is 9.53 Å². The third-order valence-electron chi connectivity index (χ3n) is 4.29. The van der Waals surface area contributed by atoms with Gasteiger partial charge in [-0.1, -0.05) is 0 Å². The van der Waals surface area contributed by atoms with Crippen LogP contribution in [0.5, 0.6) is 0 Å². The molecule has 3 rings (SSSR count). The maximum absolute atomic E-state index is 12.4. The Morgan fingerprint density at radius 2 is 2.09 bits per heavy atom. The van der Waals surface area contributed by atoms with E-state index in [-0.39, 0.29) is 30.7 Å². The van der Waals surface area contributed by atoms with Crippen LogP contribution in [0, 0.1) is 5.41 Å². The quantitative estimate of drug-likeness (QED) is 0.836. The molecule has 1 amide bonds. The molecule has 2 aliphatic rings. The van der Waals surface area contributed by atoms with E-state index in [0.717, 1.165) is 5.01 Å². The summed E-state index contributed by atoms with van der Waals surface area (Å²) >= 11 is 1.63. The van der Waals surface area contributed by atoms with Crippen molar-refractivity contribution in [1.29, 1.82) is 0 Å². The van der Waals surface area contributed by atoms with Gasteiger partial charge in [0.05, 0.1) is 17.7 Å². The monoisotopic (exact) mass is 367 g/mol. The zero-order valence-electron chi connectivity index (χ0n) is 12.4. The van der Waals surface area contributed by atoms with Gasteiger partial charge in [-0.15, -0.1) is 36.2 Å². The van der Waals surface area contributed by atoms with E-state index in [9.17, 15) is 4.79 Å². The number of nitrogens with two attached hydrogens (primary N) is 1. The molecule has 5 nitrogen and oxygen atoms in total. The number of hydrogen-bond donors (Lipinski definition) is 2. The second kappa shape index (κ2) is 8.45. The number of carbonyl (C=O) groups excluding carboxylic acids is 1. The molecule has 22 heavy (non-hydrogen) atoms. The lowest BCUT2D eigenvalue weighted by atomic mass is 9.79. The highest BCUT2D eigenvalue weighted by Crippen LogP contribution is 2.40. The molecule has 3 N–H and O–H groups in total. The smallest absolute Gasteiger partial charge is 0.228 e. The number of nitrogens with zero attached hydrogens (tertiary/aromatic N) is 1. The molecule has 1 aliphatic carbocycles. The maximum atomic E-state index is 12.4. The standard InChI is InChI=1S/C14H21N3O2S.2ClH/c15-9-14(3-5-19-6-4-14)13(18)16-7-12-17-11(8-20-12)10-1-2-10;;/h8,10H,1-7,9,15H2,(H,16,18);2*1H. The lowest BCUT2D eigenvalue weighted by molar-refractivity contribution is -0.136. The fourth-order valence-electron chi connectivity index (χ4n) is 2.60. The van der Waals surface area contributed by atoms with Gasteiger partial charge in [-0.25, -0.2) is 4.98 Å². The van der Waals surface area contributed by atoms with Crippen LogP contribution < -0.4 is 11.1 Å². The number of halogens is 2. The third kappa shape index (κ3) is 4.32. The zero-order chi connectivity index (χ0) is 14.0. The van der Waals surface area contributed by atoms with Gasteiger partial charge in [0.15, 0.2) is 0 Å². The molecule has 1 saturated heterocycles. The molecular formula is C14H23Cl2N3O2S. The summed E-state index contributed by atoms with van der Waals surface area (Å²) in [7, 11) is 0. The van der Waals surface area contributed by atoms with Gasteiger partial charge in [-0.2, -0.15) is 0 Å². The number of ether oxygens (including phenoxy) is 1. The first-order valence-electron chi connectivity index (χ1n) is 7.24. The Morgan fingerprint density at radius 3 is 2.68 bits per heavy atom. The molecule has 0 spiro atoms. The summed E-state index contributed by atoms with van der Waals surface area (Å²) in [4.78, 5) is 17.0. The summed E-state index contributed by atoms with van der Waals surface area (Å²) in [5, 5.41) is 6.11. The second-order valence-corrected chi connectivity index (χ2v) is 6.66. The van der Waals surface area contributed by atoms with Crippen molar-refractivity contribution >= 4 is 42.1 Å². The molecular weight excluding hydrogens is 345 g/mol. The van der Waals surface area contributed by atoms with Crippen LogP contribution in [-0.2, 0) is 16.1 Å². The highest BCUT2D eigenvalue weighted by atomic mass is 35.5. The molecule has 126 valence electrons. The molecule has 0 atom stereocenters. The van der Waals surface area contributed by atoms with Crippen molar-refractivity contribution in [2.45, 2.75) is 38.1 Å². The topological polar surface area (TPSA) is 77.2 Å². The Bertz CT molecular complexity index is 488. The maximum Gasteiger partial charge on any atom is 0.228 e. The van der Waals surface area contributed by atoms with Crippen LogP contribution in [0.1, 0.15) is 42.3 Å². The number of amides is 1. The summed E-state index contributed by atoms with van der Waals surface area (Å²) < 4.78 is 5.33. The average molecular weight is 368 g/mol. The van der Waals surface area contributed by atoms with Gasteiger partial charge < -0.3 is 15.8 Å². The van der Waals surface area contributed by atoms with Gasteiger partial charge in [0.1, 0.15) is 5.01 Å². The Labute approximate surface area is 147 Å². The molecule has 0 radical (unpaired) electrons. The first-order chi connectivity index (χ1) is 9.73. The van der Waals surface area contributed by atoms with Gasteiger partial charge in [0, 0.05) is 31.1 Å². The molecule has 1 aromatic rings. The first kappa shape index (κ1) is 19.6. The van der Waals surface area contributed by atoms with E-state index in [4.69, 9.17) is 10.5 Å². The van der Waals surface area contributed by atoms with Crippen molar-refractivity contribution in [3.05, 3.63) is 16.1 Å². The fourth-order valence-corrected chi connectivity index (χ4v) is 3.42. The van der Waals surface area contributed by atoms with Crippen LogP contribution in [0.4, 0.5) is 0 Å². The van der Waals surface area contributed by atoms with E-state index < -0.39 is 5.41 Å². The predicted molar refractivity (Wildman–Crippen MR) is 92.0 cm³/mol. The minimum absolute atomic E-state index is 0. The van der Waals surface area contributed by atoms with Crippen molar-refractivity contribution in [3.63, 3.8) is 0 Å². The van der Waals surface area contributed by atoms with Gasteiger partial charge in [-0.3, -0.25) is 4.79 Å². The fraction of sp³-hybridized carbons (Fsp3) is 0.714. The van der Waals surface area contributed by atoms with Gasteiger partial charge >= 0.3 is 0 Å². The minimum Gasteiger partial charge on any atom is -0.381 e. The number of thiazole rings is 1. The van der Waals surface area contributed by atoms with Gasteiger partial charge in [0.25, 0.3) is 0 Å². The number of aromatic nitrogens is 1. The average Bonchev–Trinajstić information content (AvgIpc) is 3.24. The van der Waals surface area contributed by atoms with Gasteiger partial charge in [0.2, 0.25) is 5.91 Å². The number of nitrogens with one attached hydrogen (secondary N) is 1. The highest BCUT2D eigenvalue weighted by Gasteiger charge is 2.38. The van der Waals surface area contributed by atoms with Crippen molar-refractivity contribution in [3.8, 4) is 0 Å². The van der Waals surface area contributed by atoms with Crippen LogP contribution in [0.15, 0.2) is 5.38 Å². The second-order valence-electron chi connectivity index (χ2n) is 5.72. The molecule has 1 saturated carbocycles. The predicted octanol–water partition coefficient (Wildman–Crippen LogP) is 2.24. The first-order valence-corrected chi connectivity index (χ1v) is 8.12. The van der Waals surface area contributed by atoms with Crippen molar-refractivity contribution in [2.24, 2.45) is 11.1 Å². The summed E-state index contributed by atoms with van der Waals surface area (Å²) in [6, 6.07) is 0. The highest BCUT2D eigenvalue weighted by molar-refractivity contribution is 7.09. The van der Waals surface area contributed by atoms with E-state index >= 15 is 0 Å². The lowest BCUT2D eigenvalue weighted by Crippen LogP contribution is -2.48. The Morgan fingerprint density at radius 1 is 1.41 bits per heavy atom. The van der Waals surface area contributed by atoms with Crippen molar-refractivity contribution in [2.75, 3.05) is 19.8 Å². The Kier molecular flexibility index (Phi) is 7.55. The molecule has 0 unspecified atom stereocenters. The summed E-state index contributed by atoms with van der Waals surface area (Å²) in [6.45, 7) is 2.13. The third-order valence-corrected chi connectivity index (χ3v) is 5.15. The number of carbonyl (C=O) groups is 1.